The molecule has 0 aliphatic rings. The van der Waals surface area contributed by atoms with Gasteiger partial charge in [0.1, 0.15) is 18.2 Å². The van der Waals surface area contributed by atoms with Crippen LogP contribution in [0.5, 0.6) is 5.75 Å². The van der Waals surface area contributed by atoms with Crippen molar-refractivity contribution in [1.29, 1.82) is 0 Å². The maximum atomic E-state index is 13.2. The molecule has 0 spiro atoms. The second-order valence-corrected chi connectivity index (χ2v) is 8.04. The summed E-state index contributed by atoms with van der Waals surface area (Å²) in [6.07, 6.45) is -0.797. The second kappa shape index (κ2) is 10.9. The molecular formula is C24H24Cl2FNO3. The van der Waals surface area contributed by atoms with Crippen LogP contribution in [0.25, 0.3) is 11.1 Å². The fourth-order valence-corrected chi connectivity index (χ4v) is 3.66. The standard InChI is InChI=1S/C24H24Cl2FNO3/c1-15-9-23(22(25)10-18(15)11-28-12-20(30)13-29)31-14-17-3-2-4-21(24(17)26)16-5-7-19(27)8-6-16/h2-10,20,28-30H,11-14H2,1H3. The summed E-state index contributed by atoms with van der Waals surface area (Å²) in [4.78, 5) is 0. The summed E-state index contributed by atoms with van der Waals surface area (Å²) in [5.41, 5.74) is 4.37. The monoisotopic (exact) mass is 463 g/mol. The van der Waals surface area contributed by atoms with Crippen molar-refractivity contribution in [1.82, 2.24) is 5.32 Å². The van der Waals surface area contributed by atoms with Crippen LogP contribution in [0.3, 0.4) is 0 Å². The van der Waals surface area contributed by atoms with Crippen LogP contribution < -0.4 is 10.1 Å². The minimum Gasteiger partial charge on any atom is -0.487 e. The molecule has 0 amide bonds. The predicted molar refractivity (Wildman–Crippen MR) is 122 cm³/mol. The normalized spacial score (nSPS) is 12.1. The number of halogens is 3. The van der Waals surface area contributed by atoms with Gasteiger partial charge in [-0.15, -0.1) is 0 Å². The van der Waals surface area contributed by atoms with Gasteiger partial charge >= 0.3 is 0 Å². The van der Waals surface area contributed by atoms with Crippen LogP contribution in [0, 0.1) is 12.7 Å². The fourth-order valence-electron chi connectivity index (χ4n) is 3.13. The van der Waals surface area contributed by atoms with Gasteiger partial charge in [0.15, 0.2) is 0 Å². The van der Waals surface area contributed by atoms with Crippen LogP contribution in [0.2, 0.25) is 10.0 Å². The lowest BCUT2D eigenvalue weighted by molar-refractivity contribution is 0.0942. The van der Waals surface area contributed by atoms with Crippen LogP contribution in [-0.4, -0.2) is 29.5 Å². The van der Waals surface area contributed by atoms with Crippen molar-refractivity contribution in [2.24, 2.45) is 0 Å². The first-order valence-corrected chi connectivity index (χ1v) is 10.6. The molecule has 31 heavy (non-hydrogen) atoms. The van der Waals surface area contributed by atoms with Crippen molar-refractivity contribution < 1.29 is 19.3 Å². The highest BCUT2D eigenvalue weighted by Gasteiger charge is 2.12. The number of hydrogen-bond donors (Lipinski definition) is 3. The van der Waals surface area contributed by atoms with E-state index < -0.39 is 6.10 Å². The number of benzene rings is 3. The third kappa shape index (κ3) is 6.19. The number of nitrogens with one attached hydrogen (secondary N) is 1. The van der Waals surface area contributed by atoms with Crippen LogP contribution >= 0.6 is 23.2 Å². The first-order valence-electron chi connectivity index (χ1n) is 9.83. The smallest absolute Gasteiger partial charge is 0.138 e. The average molecular weight is 464 g/mol. The SMILES string of the molecule is Cc1cc(OCc2cccc(-c3ccc(F)cc3)c2Cl)c(Cl)cc1CNCC(O)CO. The number of rotatable bonds is 9. The molecule has 164 valence electrons. The van der Waals surface area contributed by atoms with Gasteiger partial charge < -0.3 is 20.3 Å². The lowest BCUT2D eigenvalue weighted by atomic mass is 10.0. The molecule has 0 heterocycles. The molecule has 0 fully saturated rings. The molecule has 7 heteroatoms. The maximum absolute atomic E-state index is 13.2. The van der Waals surface area contributed by atoms with Gasteiger partial charge in [0.25, 0.3) is 0 Å². The Labute approximate surface area is 191 Å². The molecule has 0 aliphatic heterocycles. The largest absolute Gasteiger partial charge is 0.487 e. The molecule has 3 aromatic carbocycles. The average Bonchev–Trinajstić information content (AvgIpc) is 2.76. The Bertz CT molecular complexity index is 1030. The van der Waals surface area contributed by atoms with Gasteiger partial charge in [0.05, 0.1) is 22.8 Å². The summed E-state index contributed by atoms with van der Waals surface area (Å²) in [6, 6.07) is 15.5. The molecule has 0 bridgehead atoms. The lowest BCUT2D eigenvalue weighted by Crippen LogP contribution is -2.29. The molecule has 0 aromatic heterocycles. The molecule has 3 aromatic rings. The first-order chi connectivity index (χ1) is 14.9. The van der Waals surface area contributed by atoms with Gasteiger partial charge in [-0.1, -0.05) is 53.5 Å². The van der Waals surface area contributed by atoms with Gasteiger partial charge in [-0.3, -0.25) is 0 Å². The molecule has 1 atom stereocenters. The van der Waals surface area contributed by atoms with Crippen molar-refractivity contribution in [3.63, 3.8) is 0 Å². The molecule has 4 nitrogen and oxygen atoms in total. The van der Waals surface area contributed by atoms with Gasteiger partial charge in [-0.25, -0.2) is 4.39 Å². The Morgan fingerprint density at radius 2 is 1.81 bits per heavy atom. The molecule has 0 radical (unpaired) electrons. The minimum absolute atomic E-state index is 0.229. The molecule has 0 aliphatic carbocycles. The van der Waals surface area contributed by atoms with Crippen LogP contribution in [0.1, 0.15) is 16.7 Å². The zero-order valence-corrected chi connectivity index (χ0v) is 18.6. The maximum Gasteiger partial charge on any atom is 0.138 e. The lowest BCUT2D eigenvalue weighted by Gasteiger charge is -2.15. The molecule has 3 N–H and O–H groups in total. The van der Waals surface area contributed by atoms with Gasteiger partial charge in [0, 0.05) is 24.2 Å². The fraction of sp³-hybridized carbons (Fsp3) is 0.250. The van der Waals surface area contributed by atoms with Gasteiger partial charge in [-0.2, -0.15) is 0 Å². The Hall–Kier alpha value is -2.15. The van der Waals surface area contributed by atoms with E-state index in [2.05, 4.69) is 5.32 Å². The van der Waals surface area contributed by atoms with E-state index in [0.717, 1.165) is 27.8 Å². The zero-order chi connectivity index (χ0) is 22.4. The summed E-state index contributed by atoms with van der Waals surface area (Å²) in [5.74, 6) is 0.245. The highest BCUT2D eigenvalue weighted by Crippen LogP contribution is 2.33. The highest BCUT2D eigenvalue weighted by atomic mass is 35.5. The Morgan fingerprint density at radius 3 is 2.52 bits per heavy atom. The Kier molecular flexibility index (Phi) is 8.29. The van der Waals surface area contributed by atoms with E-state index in [1.165, 1.54) is 12.1 Å². The third-order valence-corrected chi connectivity index (χ3v) is 5.66. The van der Waals surface area contributed by atoms with Crippen molar-refractivity contribution in [2.75, 3.05) is 13.2 Å². The minimum atomic E-state index is -0.797. The van der Waals surface area contributed by atoms with E-state index in [0.29, 0.717) is 22.3 Å². The van der Waals surface area contributed by atoms with Crippen LogP contribution in [0.4, 0.5) is 4.39 Å². The number of aliphatic hydroxyl groups is 2. The molecular weight excluding hydrogens is 440 g/mol. The van der Waals surface area contributed by atoms with E-state index in [9.17, 15) is 9.50 Å². The van der Waals surface area contributed by atoms with E-state index in [1.807, 2.05) is 37.3 Å². The predicted octanol–water partition coefficient (Wildman–Crippen LogP) is 5.13. The number of ether oxygens (including phenoxy) is 1. The Balaban J connectivity index is 1.70. The number of aliphatic hydroxyl groups excluding tert-OH is 2. The summed E-state index contributed by atoms with van der Waals surface area (Å²) in [5, 5.41) is 22.4. The summed E-state index contributed by atoms with van der Waals surface area (Å²) >= 11 is 13.0. The van der Waals surface area contributed by atoms with Crippen molar-refractivity contribution in [3.8, 4) is 16.9 Å². The highest BCUT2D eigenvalue weighted by molar-refractivity contribution is 6.34. The summed E-state index contributed by atoms with van der Waals surface area (Å²) in [7, 11) is 0. The molecule has 1 unspecified atom stereocenters. The summed E-state index contributed by atoms with van der Waals surface area (Å²) in [6.45, 7) is 2.69. The summed E-state index contributed by atoms with van der Waals surface area (Å²) < 4.78 is 19.2. The van der Waals surface area contributed by atoms with Gasteiger partial charge in [0.2, 0.25) is 0 Å². The van der Waals surface area contributed by atoms with Crippen molar-refractivity contribution in [3.05, 3.63) is 87.2 Å². The second-order valence-electron chi connectivity index (χ2n) is 7.25. The van der Waals surface area contributed by atoms with Gasteiger partial charge in [-0.05, 0) is 47.9 Å². The Morgan fingerprint density at radius 1 is 1.06 bits per heavy atom. The van der Waals surface area contributed by atoms with Crippen molar-refractivity contribution in [2.45, 2.75) is 26.2 Å². The van der Waals surface area contributed by atoms with E-state index in [1.54, 1.807) is 12.1 Å². The van der Waals surface area contributed by atoms with Crippen LogP contribution in [-0.2, 0) is 13.2 Å². The molecule has 0 saturated carbocycles. The third-order valence-electron chi connectivity index (χ3n) is 4.91. The first kappa shape index (κ1) is 23.5. The quantitative estimate of drug-likeness (QED) is 0.411. The molecule has 0 saturated heterocycles. The molecule has 3 rings (SSSR count). The van der Waals surface area contributed by atoms with E-state index >= 15 is 0 Å². The van der Waals surface area contributed by atoms with Crippen molar-refractivity contribution >= 4 is 23.2 Å². The van der Waals surface area contributed by atoms with Crippen LogP contribution in [0.15, 0.2) is 54.6 Å². The number of aryl methyl sites for hydroxylation is 1. The zero-order valence-electron chi connectivity index (χ0n) is 17.0. The topological polar surface area (TPSA) is 61.7 Å². The van der Waals surface area contributed by atoms with E-state index in [4.69, 9.17) is 33.0 Å². The number of hydrogen-bond acceptors (Lipinski definition) is 4. The van der Waals surface area contributed by atoms with E-state index in [-0.39, 0.29) is 25.6 Å².